The lowest BCUT2D eigenvalue weighted by Crippen LogP contribution is -2.17. The minimum Gasteiger partial charge on any atom is -0.295 e. The van der Waals surface area contributed by atoms with Crippen molar-refractivity contribution in [2.75, 3.05) is 0 Å². The molecule has 0 radical (unpaired) electrons. The second kappa shape index (κ2) is 3.42. The molecule has 2 bridgehead atoms. The van der Waals surface area contributed by atoms with E-state index in [1.165, 1.54) is 25.7 Å². The van der Waals surface area contributed by atoms with E-state index in [0.29, 0.717) is 11.7 Å². The van der Waals surface area contributed by atoms with Crippen molar-refractivity contribution in [3.63, 3.8) is 0 Å². The first-order valence-corrected chi connectivity index (χ1v) is 5.05. The lowest BCUT2D eigenvalue weighted by atomic mass is 9.77. The Bertz CT molecular complexity index is 205. The maximum Gasteiger partial charge on any atom is 0.155 e. The molecule has 66 valence electrons. The molecule has 2 aliphatic rings. The van der Waals surface area contributed by atoms with Gasteiger partial charge in [0.1, 0.15) is 0 Å². The zero-order valence-electron chi connectivity index (χ0n) is 7.46. The number of carbonyl (C=O) groups is 1. The van der Waals surface area contributed by atoms with Crippen molar-refractivity contribution < 1.29 is 4.79 Å². The van der Waals surface area contributed by atoms with Crippen LogP contribution in [-0.2, 0) is 4.79 Å². The van der Waals surface area contributed by atoms with E-state index in [4.69, 9.17) is 0 Å². The van der Waals surface area contributed by atoms with Crippen molar-refractivity contribution in [1.29, 1.82) is 0 Å². The summed E-state index contributed by atoms with van der Waals surface area (Å²) in [6.45, 7) is 0. The van der Waals surface area contributed by atoms with E-state index >= 15 is 0 Å². The van der Waals surface area contributed by atoms with Crippen LogP contribution in [-0.4, -0.2) is 5.78 Å². The van der Waals surface area contributed by atoms with Gasteiger partial charge in [-0.25, -0.2) is 0 Å². The average Bonchev–Trinajstić information content (AvgIpc) is 2.11. The molecule has 2 atom stereocenters. The van der Waals surface area contributed by atoms with E-state index < -0.39 is 0 Å². The molecular formula is C11H16O. The highest BCUT2D eigenvalue weighted by Gasteiger charge is 2.22. The largest absolute Gasteiger partial charge is 0.295 e. The van der Waals surface area contributed by atoms with Gasteiger partial charge in [-0.15, -0.1) is 0 Å². The summed E-state index contributed by atoms with van der Waals surface area (Å²) in [6, 6.07) is 0. The summed E-state index contributed by atoms with van der Waals surface area (Å²) in [5.74, 6) is 1.90. The van der Waals surface area contributed by atoms with Crippen LogP contribution in [0.5, 0.6) is 0 Å². The second-order valence-corrected chi connectivity index (χ2v) is 4.16. The van der Waals surface area contributed by atoms with Crippen molar-refractivity contribution in [3.8, 4) is 0 Å². The Morgan fingerprint density at radius 3 is 3.08 bits per heavy atom. The maximum absolute atomic E-state index is 11.2. The molecule has 1 nitrogen and oxygen atoms in total. The second-order valence-electron chi connectivity index (χ2n) is 4.16. The zero-order chi connectivity index (χ0) is 8.39. The third-order valence-electron chi connectivity index (χ3n) is 3.18. The number of rotatable bonds is 0. The minimum atomic E-state index is 0.339. The number of ketones is 1. The molecule has 0 N–H and O–H groups in total. The molecule has 1 heteroatoms. The van der Waals surface area contributed by atoms with E-state index in [1.54, 1.807) is 0 Å². The van der Waals surface area contributed by atoms with Crippen molar-refractivity contribution in [2.24, 2.45) is 11.8 Å². The normalized spacial score (nSPS) is 35.8. The van der Waals surface area contributed by atoms with Crippen LogP contribution in [0.2, 0.25) is 0 Å². The summed E-state index contributed by atoms with van der Waals surface area (Å²) in [4.78, 5) is 11.2. The Labute approximate surface area is 73.8 Å². The third kappa shape index (κ3) is 1.77. The Morgan fingerprint density at radius 1 is 1.25 bits per heavy atom. The molecule has 0 spiro atoms. The van der Waals surface area contributed by atoms with E-state index in [-0.39, 0.29) is 0 Å². The number of hydrogen-bond donors (Lipinski definition) is 0. The fourth-order valence-electron chi connectivity index (χ4n) is 2.44. The molecule has 1 fully saturated rings. The van der Waals surface area contributed by atoms with Crippen LogP contribution < -0.4 is 0 Å². The van der Waals surface area contributed by atoms with Crippen molar-refractivity contribution >= 4 is 5.78 Å². The van der Waals surface area contributed by atoms with Gasteiger partial charge in [-0.3, -0.25) is 4.79 Å². The van der Waals surface area contributed by atoms with Crippen LogP contribution in [0, 0.1) is 11.8 Å². The van der Waals surface area contributed by atoms with Gasteiger partial charge >= 0.3 is 0 Å². The van der Waals surface area contributed by atoms with Crippen LogP contribution in [0.15, 0.2) is 12.2 Å². The SMILES string of the molecule is O=C1C=CC2CCCC(CC1)C2. The highest BCUT2D eigenvalue weighted by molar-refractivity contribution is 5.89. The van der Waals surface area contributed by atoms with Gasteiger partial charge in [-0.05, 0) is 37.2 Å². The first kappa shape index (κ1) is 8.03. The Kier molecular flexibility index (Phi) is 2.29. The smallest absolute Gasteiger partial charge is 0.155 e. The van der Waals surface area contributed by atoms with Gasteiger partial charge < -0.3 is 0 Å². The molecule has 2 rings (SSSR count). The maximum atomic E-state index is 11.2. The molecule has 0 amide bonds. The van der Waals surface area contributed by atoms with Crippen LogP contribution in [0.4, 0.5) is 0 Å². The molecule has 0 aliphatic heterocycles. The summed E-state index contributed by atoms with van der Waals surface area (Å²) >= 11 is 0. The van der Waals surface area contributed by atoms with Gasteiger partial charge in [-0.2, -0.15) is 0 Å². The Morgan fingerprint density at radius 2 is 2.17 bits per heavy atom. The average molecular weight is 164 g/mol. The molecule has 12 heavy (non-hydrogen) atoms. The monoisotopic (exact) mass is 164 g/mol. The van der Waals surface area contributed by atoms with Crippen molar-refractivity contribution in [1.82, 2.24) is 0 Å². The summed E-state index contributed by atoms with van der Waals surface area (Å²) < 4.78 is 0. The third-order valence-corrected chi connectivity index (χ3v) is 3.18. The summed E-state index contributed by atoms with van der Waals surface area (Å²) in [5, 5.41) is 0. The minimum absolute atomic E-state index is 0.339. The molecule has 0 saturated heterocycles. The molecule has 0 aromatic carbocycles. The quantitative estimate of drug-likeness (QED) is 0.538. The molecule has 2 aliphatic carbocycles. The van der Waals surface area contributed by atoms with Crippen molar-refractivity contribution in [2.45, 2.75) is 38.5 Å². The highest BCUT2D eigenvalue weighted by Crippen LogP contribution is 2.33. The van der Waals surface area contributed by atoms with Crippen LogP contribution >= 0.6 is 0 Å². The van der Waals surface area contributed by atoms with Crippen LogP contribution in [0.3, 0.4) is 0 Å². The lowest BCUT2D eigenvalue weighted by Gasteiger charge is -2.28. The lowest BCUT2D eigenvalue weighted by molar-refractivity contribution is -0.115. The number of fused-ring (bicyclic) bond motifs is 2. The first-order valence-electron chi connectivity index (χ1n) is 5.05. The first-order chi connectivity index (χ1) is 5.84. The van der Waals surface area contributed by atoms with Gasteiger partial charge in [0.05, 0.1) is 0 Å². The number of carbonyl (C=O) groups excluding carboxylic acids is 1. The standard InChI is InChI=1S/C11H16O/c12-11-6-4-9-2-1-3-10(8-9)5-7-11/h4,6,9-10H,1-3,5,7-8H2. The van der Waals surface area contributed by atoms with Gasteiger partial charge in [0, 0.05) is 6.42 Å². The Hall–Kier alpha value is -0.590. The molecule has 0 aromatic heterocycles. The van der Waals surface area contributed by atoms with Gasteiger partial charge in [-0.1, -0.05) is 18.9 Å². The molecule has 1 saturated carbocycles. The van der Waals surface area contributed by atoms with E-state index in [2.05, 4.69) is 6.08 Å². The summed E-state index contributed by atoms with van der Waals surface area (Å²) in [7, 11) is 0. The molecular weight excluding hydrogens is 148 g/mol. The fraction of sp³-hybridized carbons (Fsp3) is 0.727. The van der Waals surface area contributed by atoms with E-state index in [9.17, 15) is 4.79 Å². The molecule has 2 unspecified atom stereocenters. The van der Waals surface area contributed by atoms with E-state index in [0.717, 1.165) is 18.8 Å². The topological polar surface area (TPSA) is 17.1 Å². The predicted octanol–water partition coefficient (Wildman–Crippen LogP) is 2.71. The van der Waals surface area contributed by atoms with Gasteiger partial charge in [0.2, 0.25) is 0 Å². The summed E-state index contributed by atoms with van der Waals surface area (Å²) in [6.07, 6.45) is 11.3. The predicted molar refractivity (Wildman–Crippen MR) is 48.8 cm³/mol. The molecule has 0 heterocycles. The van der Waals surface area contributed by atoms with Gasteiger partial charge in [0.15, 0.2) is 5.78 Å². The van der Waals surface area contributed by atoms with Crippen LogP contribution in [0.1, 0.15) is 38.5 Å². The van der Waals surface area contributed by atoms with Crippen molar-refractivity contribution in [3.05, 3.63) is 12.2 Å². The highest BCUT2D eigenvalue weighted by atomic mass is 16.1. The van der Waals surface area contributed by atoms with Gasteiger partial charge in [0.25, 0.3) is 0 Å². The Balaban J connectivity index is 2.09. The van der Waals surface area contributed by atoms with E-state index in [1.807, 2.05) is 6.08 Å². The van der Waals surface area contributed by atoms with Crippen LogP contribution in [0.25, 0.3) is 0 Å². The number of allylic oxidation sites excluding steroid dienone is 2. The zero-order valence-corrected chi connectivity index (χ0v) is 7.46. The summed E-state index contributed by atoms with van der Waals surface area (Å²) in [5.41, 5.74) is 0. The molecule has 0 aromatic rings. The number of hydrogen-bond acceptors (Lipinski definition) is 1. The fourth-order valence-corrected chi connectivity index (χ4v) is 2.44.